The summed E-state index contributed by atoms with van der Waals surface area (Å²) in [5.74, 6) is 1.84. The van der Waals surface area contributed by atoms with Crippen LogP contribution in [0.4, 0.5) is 0 Å². The van der Waals surface area contributed by atoms with Crippen LogP contribution in [0.25, 0.3) is 0 Å². The van der Waals surface area contributed by atoms with Gasteiger partial charge in [0.05, 0.1) is 5.37 Å². The highest BCUT2D eigenvalue weighted by Gasteiger charge is 2.44. The van der Waals surface area contributed by atoms with Gasteiger partial charge in [0.2, 0.25) is 5.91 Å². The Morgan fingerprint density at radius 1 is 1.30 bits per heavy atom. The molecule has 5 heteroatoms. The monoisotopic (exact) mass is 297 g/mol. The van der Waals surface area contributed by atoms with E-state index in [0.717, 1.165) is 18.3 Å². The quantitative estimate of drug-likeness (QED) is 0.866. The maximum absolute atomic E-state index is 12.6. The minimum atomic E-state index is -0.852. The number of fused-ring (bicyclic) bond motifs is 2. The molecule has 2 aliphatic carbocycles. The number of thioether (sulfide) groups is 1. The van der Waals surface area contributed by atoms with Gasteiger partial charge >= 0.3 is 5.97 Å². The van der Waals surface area contributed by atoms with E-state index in [1.54, 1.807) is 16.7 Å². The van der Waals surface area contributed by atoms with Crippen LogP contribution in [0.5, 0.6) is 0 Å². The molecule has 2 saturated carbocycles. The number of hydrogen-bond donors (Lipinski definition) is 1. The molecular weight excluding hydrogens is 274 g/mol. The Hall–Kier alpha value is -0.710. The van der Waals surface area contributed by atoms with E-state index in [-0.39, 0.29) is 11.3 Å². The standard InChI is InChI=1S/C15H23NO3S/c1-2-14-16(12(8-20-14)15(18)19)13(17)7-11-6-9-3-4-10(11)5-9/h9-12,14H,2-8H2,1H3,(H,18,19). The minimum absolute atomic E-state index is 0.0576. The van der Waals surface area contributed by atoms with E-state index in [0.29, 0.717) is 18.1 Å². The summed E-state index contributed by atoms with van der Waals surface area (Å²) >= 11 is 1.61. The molecule has 5 unspecified atom stereocenters. The summed E-state index contributed by atoms with van der Waals surface area (Å²) in [6.45, 7) is 2.03. The Balaban J connectivity index is 1.66. The van der Waals surface area contributed by atoms with Gasteiger partial charge in [-0.15, -0.1) is 11.8 Å². The Morgan fingerprint density at radius 2 is 2.10 bits per heavy atom. The summed E-state index contributed by atoms with van der Waals surface area (Å²) in [7, 11) is 0. The van der Waals surface area contributed by atoms with Crippen LogP contribution in [0, 0.1) is 17.8 Å². The molecule has 0 radical (unpaired) electrons. The van der Waals surface area contributed by atoms with E-state index in [1.165, 1.54) is 25.7 Å². The first-order valence-corrected chi connectivity index (χ1v) is 8.80. The van der Waals surface area contributed by atoms with Crippen molar-refractivity contribution in [3.8, 4) is 0 Å². The Bertz CT molecular complexity index is 414. The summed E-state index contributed by atoms with van der Waals surface area (Å²) in [5.41, 5.74) is 0. The van der Waals surface area contributed by atoms with Gasteiger partial charge in [-0.05, 0) is 43.4 Å². The van der Waals surface area contributed by atoms with Crippen molar-refractivity contribution in [1.29, 1.82) is 0 Å². The number of hydrogen-bond acceptors (Lipinski definition) is 3. The number of rotatable bonds is 4. The zero-order valence-electron chi connectivity index (χ0n) is 12.0. The van der Waals surface area contributed by atoms with Crippen LogP contribution in [-0.4, -0.2) is 39.1 Å². The molecule has 3 fully saturated rings. The Morgan fingerprint density at radius 3 is 2.65 bits per heavy atom. The smallest absolute Gasteiger partial charge is 0.327 e. The van der Waals surface area contributed by atoms with Crippen LogP contribution in [0.3, 0.4) is 0 Å². The lowest BCUT2D eigenvalue weighted by atomic mass is 9.86. The molecule has 0 spiro atoms. The summed E-state index contributed by atoms with van der Waals surface area (Å²) in [5, 5.41) is 9.36. The van der Waals surface area contributed by atoms with Crippen molar-refractivity contribution in [2.24, 2.45) is 17.8 Å². The third-order valence-electron chi connectivity index (χ3n) is 5.34. The van der Waals surface area contributed by atoms with Crippen LogP contribution < -0.4 is 0 Å². The number of nitrogens with zero attached hydrogens (tertiary/aromatic N) is 1. The van der Waals surface area contributed by atoms with Gasteiger partial charge in [-0.2, -0.15) is 0 Å². The maximum atomic E-state index is 12.6. The third kappa shape index (κ3) is 2.45. The van der Waals surface area contributed by atoms with E-state index in [9.17, 15) is 14.7 Å². The first-order chi connectivity index (χ1) is 9.60. The van der Waals surface area contributed by atoms with E-state index in [1.807, 2.05) is 6.92 Å². The molecule has 1 N–H and O–H groups in total. The van der Waals surface area contributed by atoms with Gasteiger partial charge in [0.15, 0.2) is 0 Å². The van der Waals surface area contributed by atoms with Crippen LogP contribution in [0.2, 0.25) is 0 Å². The van der Waals surface area contributed by atoms with Gasteiger partial charge in [-0.25, -0.2) is 4.79 Å². The molecule has 1 heterocycles. The lowest BCUT2D eigenvalue weighted by Crippen LogP contribution is -2.46. The van der Waals surface area contributed by atoms with Crippen molar-refractivity contribution in [2.45, 2.75) is 56.9 Å². The predicted molar refractivity (Wildman–Crippen MR) is 78.4 cm³/mol. The predicted octanol–water partition coefficient (Wildman–Crippen LogP) is 2.58. The number of carboxylic acid groups (broad SMARTS) is 1. The zero-order chi connectivity index (χ0) is 14.3. The SMILES string of the molecule is CCC1SCC(C(=O)O)N1C(=O)CC1CC2CCC1C2. The molecule has 112 valence electrons. The number of aliphatic carboxylic acids is 1. The number of amides is 1. The number of carboxylic acids is 1. The van der Waals surface area contributed by atoms with Crippen LogP contribution >= 0.6 is 11.8 Å². The number of carbonyl (C=O) groups excluding carboxylic acids is 1. The summed E-state index contributed by atoms with van der Waals surface area (Å²) < 4.78 is 0. The lowest BCUT2D eigenvalue weighted by molar-refractivity contribution is -0.149. The number of carbonyl (C=O) groups is 2. The molecule has 2 bridgehead atoms. The fourth-order valence-electron chi connectivity index (χ4n) is 4.36. The van der Waals surface area contributed by atoms with Crippen molar-refractivity contribution in [1.82, 2.24) is 4.90 Å². The average molecular weight is 297 g/mol. The lowest BCUT2D eigenvalue weighted by Gasteiger charge is -2.29. The van der Waals surface area contributed by atoms with Crippen LogP contribution in [-0.2, 0) is 9.59 Å². The molecule has 20 heavy (non-hydrogen) atoms. The van der Waals surface area contributed by atoms with Gasteiger partial charge in [0.25, 0.3) is 0 Å². The first-order valence-electron chi connectivity index (χ1n) is 7.75. The molecule has 5 atom stereocenters. The first kappa shape index (κ1) is 14.2. The molecular formula is C15H23NO3S. The Labute approximate surface area is 124 Å². The van der Waals surface area contributed by atoms with Gasteiger partial charge in [0, 0.05) is 12.2 Å². The third-order valence-corrected chi connectivity index (χ3v) is 6.79. The molecule has 4 nitrogen and oxygen atoms in total. The molecule has 0 aromatic heterocycles. The summed E-state index contributed by atoms with van der Waals surface area (Å²) in [4.78, 5) is 25.6. The molecule has 0 aromatic rings. The van der Waals surface area contributed by atoms with Gasteiger partial charge in [-0.3, -0.25) is 4.79 Å². The fourth-order valence-corrected chi connectivity index (χ4v) is 5.73. The van der Waals surface area contributed by atoms with Gasteiger partial charge in [0.1, 0.15) is 6.04 Å². The highest BCUT2D eigenvalue weighted by molar-refractivity contribution is 8.00. The molecule has 1 aliphatic heterocycles. The fraction of sp³-hybridized carbons (Fsp3) is 0.867. The minimum Gasteiger partial charge on any atom is -0.480 e. The van der Waals surface area contributed by atoms with E-state index >= 15 is 0 Å². The van der Waals surface area contributed by atoms with Gasteiger partial charge < -0.3 is 10.0 Å². The molecule has 1 saturated heterocycles. The molecule has 3 aliphatic rings. The van der Waals surface area contributed by atoms with E-state index < -0.39 is 12.0 Å². The second-order valence-corrected chi connectivity index (χ2v) is 7.70. The molecule has 0 aromatic carbocycles. The largest absolute Gasteiger partial charge is 0.480 e. The normalized spacial score (nSPS) is 39.5. The highest BCUT2D eigenvalue weighted by atomic mass is 32.2. The maximum Gasteiger partial charge on any atom is 0.327 e. The van der Waals surface area contributed by atoms with Crippen molar-refractivity contribution < 1.29 is 14.7 Å². The van der Waals surface area contributed by atoms with Crippen molar-refractivity contribution in [3.63, 3.8) is 0 Å². The van der Waals surface area contributed by atoms with E-state index in [2.05, 4.69) is 0 Å². The topological polar surface area (TPSA) is 57.6 Å². The summed E-state index contributed by atoms with van der Waals surface area (Å²) in [6, 6.07) is -0.615. The Kier molecular flexibility index (Phi) is 3.98. The van der Waals surface area contributed by atoms with Crippen molar-refractivity contribution in [3.05, 3.63) is 0 Å². The van der Waals surface area contributed by atoms with Gasteiger partial charge in [-0.1, -0.05) is 13.3 Å². The zero-order valence-corrected chi connectivity index (χ0v) is 12.8. The second kappa shape index (κ2) is 5.58. The molecule has 3 rings (SSSR count). The van der Waals surface area contributed by atoms with Crippen LogP contribution in [0.1, 0.15) is 45.4 Å². The molecule has 1 amide bonds. The van der Waals surface area contributed by atoms with E-state index in [4.69, 9.17) is 0 Å². The summed E-state index contributed by atoms with van der Waals surface area (Å²) in [6.07, 6.45) is 6.50. The van der Waals surface area contributed by atoms with Crippen molar-refractivity contribution in [2.75, 3.05) is 5.75 Å². The van der Waals surface area contributed by atoms with Crippen molar-refractivity contribution >= 4 is 23.6 Å². The van der Waals surface area contributed by atoms with Crippen LogP contribution in [0.15, 0.2) is 0 Å². The second-order valence-electron chi connectivity index (χ2n) is 6.49. The average Bonchev–Trinajstić information content (AvgIpc) is 3.12. The highest BCUT2D eigenvalue weighted by Crippen LogP contribution is 2.50.